The SMILES string of the molecule is CC1CCC(O)(C2(C#N)CCCCC2)C1. The van der Waals surface area contributed by atoms with Crippen LogP contribution in [0.5, 0.6) is 0 Å². The van der Waals surface area contributed by atoms with Gasteiger partial charge in [-0.05, 0) is 38.0 Å². The van der Waals surface area contributed by atoms with Crippen LogP contribution in [0.15, 0.2) is 0 Å². The van der Waals surface area contributed by atoms with Crippen LogP contribution >= 0.6 is 0 Å². The summed E-state index contributed by atoms with van der Waals surface area (Å²) in [4.78, 5) is 0. The highest BCUT2D eigenvalue weighted by Gasteiger charge is 2.53. The van der Waals surface area contributed by atoms with Crippen molar-refractivity contribution in [3.05, 3.63) is 0 Å². The van der Waals surface area contributed by atoms with Crippen molar-refractivity contribution in [1.82, 2.24) is 0 Å². The van der Waals surface area contributed by atoms with Gasteiger partial charge in [-0.1, -0.05) is 26.2 Å². The molecule has 2 aliphatic rings. The number of hydrogen-bond acceptors (Lipinski definition) is 2. The Morgan fingerprint density at radius 2 is 1.87 bits per heavy atom. The minimum atomic E-state index is -0.679. The van der Waals surface area contributed by atoms with E-state index in [2.05, 4.69) is 13.0 Å². The molecular formula is C13H21NO. The molecule has 0 aliphatic heterocycles. The maximum atomic E-state index is 10.7. The minimum absolute atomic E-state index is 0.421. The average Bonchev–Trinajstić information content (AvgIpc) is 2.61. The Morgan fingerprint density at radius 1 is 1.20 bits per heavy atom. The van der Waals surface area contributed by atoms with E-state index in [-0.39, 0.29) is 0 Å². The van der Waals surface area contributed by atoms with Gasteiger partial charge in [0.05, 0.1) is 17.1 Å². The van der Waals surface area contributed by atoms with E-state index in [4.69, 9.17) is 0 Å². The van der Waals surface area contributed by atoms with Crippen molar-refractivity contribution in [2.45, 2.75) is 63.9 Å². The Kier molecular flexibility index (Phi) is 2.77. The van der Waals surface area contributed by atoms with Gasteiger partial charge in [-0.3, -0.25) is 0 Å². The van der Waals surface area contributed by atoms with Crippen LogP contribution in [0.1, 0.15) is 58.3 Å². The van der Waals surface area contributed by atoms with E-state index in [9.17, 15) is 10.4 Å². The molecule has 2 aliphatic carbocycles. The molecule has 2 saturated carbocycles. The molecule has 2 atom stereocenters. The summed E-state index contributed by atoms with van der Waals surface area (Å²) in [5.74, 6) is 0.585. The fourth-order valence-corrected chi connectivity index (χ4v) is 3.54. The third-order valence-electron chi connectivity index (χ3n) is 4.55. The third kappa shape index (κ3) is 1.67. The lowest BCUT2D eigenvalue weighted by Crippen LogP contribution is -2.46. The molecule has 0 amide bonds. The molecule has 84 valence electrons. The molecule has 15 heavy (non-hydrogen) atoms. The summed E-state index contributed by atoms with van der Waals surface area (Å²) in [6, 6.07) is 2.47. The maximum Gasteiger partial charge on any atom is 0.0860 e. The summed E-state index contributed by atoms with van der Waals surface area (Å²) in [5, 5.41) is 20.2. The smallest absolute Gasteiger partial charge is 0.0860 e. The van der Waals surface area contributed by atoms with E-state index in [0.717, 1.165) is 44.9 Å². The molecule has 0 aromatic heterocycles. The Morgan fingerprint density at radius 3 is 2.33 bits per heavy atom. The minimum Gasteiger partial charge on any atom is -0.388 e. The topological polar surface area (TPSA) is 44.0 Å². The van der Waals surface area contributed by atoms with E-state index in [0.29, 0.717) is 5.92 Å². The highest BCUT2D eigenvalue weighted by molar-refractivity contribution is 5.14. The molecule has 0 spiro atoms. The summed E-state index contributed by atoms with van der Waals surface area (Å²) in [7, 11) is 0. The Hall–Kier alpha value is -0.550. The van der Waals surface area contributed by atoms with Crippen molar-refractivity contribution >= 4 is 0 Å². The number of aliphatic hydroxyl groups is 1. The van der Waals surface area contributed by atoms with Crippen LogP contribution in [0.3, 0.4) is 0 Å². The first-order chi connectivity index (χ1) is 7.12. The van der Waals surface area contributed by atoms with Gasteiger partial charge < -0.3 is 5.11 Å². The largest absolute Gasteiger partial charge is 0.388 e. The van der Waals surface area contributed by atoms with Gasteiger partial charge >= 0.3 is 0 Å². The van der Waals surface area contributed by atoms with Crippen molar-refractivity contribution in [2.75, 3.05) is 0 Å². The van der Waals surface area contributed by atoms with Crippen LogP contribution in [0.2, 0.25) is 0 Å². The van der Waals surface area contributed by atoms with Crippen LogP contribution in [-0.4, -0.2) is 10.7 Å². The Labute approximate surface area is 92.3 Å². The molecule has 0 bridgehead atoms. The molecule has 0 radical (unpaired) electrons. The molecular weight excluding hydrogens is 186 g/mol. The van der Waals surface area contributed by atoms with Crippen LogP contribution in [0, 0.1) is 22.7 Å². The summed E-state index contributed by atoms with van der Waals surface area (Å²) in [6.45, 7) is 2.19. The molecule has 0 aromatic carbocycles. The van der Waals surface area contributed by atoms with Gasteiger partial charge in [0, 0.05) is 0 Å². The second-order valence-electron chi connectivity index (χ2n) is 5.63. The maximum absolute atomic E-state index is 10.7. The van der Waals surface area contributed by atoms with E-state index < -0.39 is 11.0 Å². The second-order valence-corrected chi connectivity index (χ2v) is 5.63. The van der Waals surface area contributed by atoms with Crippen LogP contribution in [-0.2, 0) is 0 Å². The van der Waals surface area contributed by atoms with E-state index in [1.165, 1.54) is 6.42 Å². The summed E-state index contributed by atoms with van der Waals surface area (Å²) >= 11 is 0. The van der Waals surface area contributed by atoms with Crippen LogP contribution in [0.25, 0.3) is 0 Å². The molecule has 0 aromatic rings. The predicted molar refractivity (Wildman–Crippen MR) is 59.1 cm³/mol. The van der Waals surface area contributed by atoms with E-state index in [1.807, 2.05) is 0 Å². The molecule has 0 heterocycles. The number of hydrogen-bond donors (Lipinski definition) is 1. The lowest BCUT2D eigenvalue weighted by molar-refractivity contribution is -0.0692. The first kappa shape index (κ1) is 11.0. The van der Waals surface area contributed by atoms with Gasteiger partial charge in [0.2, 0.25) is 0 Å². The highest BCUT2D eigenvalue weighted by Crippen LogP contribution is 2.52. The van der Waals surface area contributed by atoms with Gasteiger partial charge in [-0.15, -0.1) is 0 Å². The normalized spacial score (nSPS) is 39.9. The van der Waals surface area contributed by atoms with Crippen molar-refractivity contribution in [3.63, 3.8) is 0 Å². The number of nitriles is 1. The summed E-state index contributed by atoms with van der Waals surface area (Å²) in [5.41, 5.74) is -1.10. The summed E-state index contributed by atoms with van der Waals surface area (Å²) in [6.07, 6.45) is 8.03. The Balaban J connectivity index is 2.22. The molecule has 0 saturated heterocycles. The number of nitrogens with zero attached hydrogens (tertiary/aromatic N) is 1. The molecule has 2 fully saturated rings. The average molecular weight is 207 g/mol. The second kappa shape index (κ2) is 3.79. The van der Waals surface area contributed by atoms with Gasteiger partial charge in [0.25, 0.3) is 0 Å². The molecule has 1 N–H and O–H groups in total. The van der Waals surface area contributed by atoms with Crippen molar-refractivity contribution in [3.8, 4) is 6.07 Å². The third-order valence-corrected chi connectivity index (χ3v) is 4.55. The first-order valence-corrected chi connectivity index (χ1v) is 6.26. The number of rotatable bonds is 1. The quantitative estimate of drug-likeness (QED) is 0.718. The first-order valence-electron chi connectivity index (χ1n) is 6.26. The van der Waals surface area contributed by atoms with Gasteiger partial charge in [0.1, 0.15) is 0 Å². The monoisotopic (exact) mass is 207 g/mol. The fraction of sp³-hybridized carbons (Fsp3) is 0.923. The van der Waals surface area contributed by atoms with Gasteiger partial charge in [0.15, 0.2) is 0 Å². The molecule has 2 unspecified atom stereocenters. The lowest BCUT2D eigenvalue weighted by atomic mass is 9.63. The predicted octanol–water partition coefficient (Wildman–Crippen LogP) is 3.01. The molecule has 2 rings (SSSR count). The van der Waals surface area contributed by atoms with Crippen LogP contribution < -0.4 is 0 Å². The van der Waals surface area contributed by atoms with Gasteiger partial charge in [-0.2, -0.15) is 5.26 Å². The fourth-order valence-electron chi connectivity index (χ4n) is 3.54. The lowest BCUT2D eigenvalue weighted by Gasteiger charge is -2.43. The zero-order valence-corrected chi connectivity index (χ0v) is 9.63. The van der Waals surface area contributed by atoms with Crippen molar-refractivity contribution < 1.29 is 5.11 Å². The molecule has 2 nitrogen and oxygen atoms in total. The van der Waals surface area contributed by atoms with Crippen LogP contribution in [0.4, 0.5) is 0 Å². The van der Waals surface area contributed by atoms with E-state index in [1.54, 1.807) is 0 Å². The van der Waals surface area contributed by atoms with E-state index >= 15 is 0 Å². The highest BCUT2D eigenvalue weighted by atomic mass is 16.3. The standard InChI is InChI=1S/C13H21NO/c1-11-5-8-13(15,9-11)12(10-14)6-3-2-4-7-12/h11,15H,2-9H2,1H3. The van der Waals surface area contributed by atoms with Gasteiger partial charge in [-0.25, -0.2) is 0 Å². The molecule has 2 heteroatoms. The summed E-state index contributed by atoms with van der Waals surface area (Å²) < 4.78 is 0. The zero-order chi connectivity index (χ0) is 10.9. The van der Waals surface area contributed by atoms with Crippen molar-refractivity contribution in [1.29, 1.82) is 5.26 Å². The van der Waals surface area contributed by atoms with Crippen molar-refractivity contribution in [2.24, 2.45) is 11.3 Å². The Bertz CT molecular complexity index is 275. The zero-order valence-electron chi connectivity index (χ0n) is 9.63.